The van der Waals surface area contributed by atoms with Crippen LogP contribution in [0.1, 0.15) is 39.0 Å². The molecule has 7 nitrogen and oxygen atoms in total. The van der Waals surface area contributed by atoms with Crippen molar-refractivity contribution in [2.75, 3.05) is 16.2 Å². The van der Waals surface area contributed by atoms with Gasteiger partial charge in [-0.2, -0.15) is 0 Å². The summed E-state index contributed by atoms with van der Waals surface area (Å²) in [5.74, 6) is -1.02. The first-order valence-corrected chi connectivity index (χ1v) is 10.3. The molecule has 3 rings (SSSR count). The first kappa shape index (κ1) is 19.2. The van der Waals surface area contributed by atoms with E-state index in [4.69, 9.17) is 5.11 Å². The molecule has 0 atom stereocenters. The molecule has 1 heterocycles. The van der Waals surface area contributed by atoms with Gasteiger partial charge < -0.3 is 10.4 Å². The normalized spacial score (nSPS) is 14.5. The lowest BCUT2D eigenvalue weighted by Crippen LogP contribution is -2.28. The Balaban J connectivity index is 1.83. The number of nitrogens with one attached hydrogen (secondary N) is 1. The Morgan fingerprint density at radius 3 is 2.52 bits per heavy atom. The van der Waals surface area contributed by atoms with Crippen molar-refractivity contribution in [3.8, 4) is 0 Å². The van der Waals surface area contributed by atoms with Crippen LogP contribution in [0.4, 0.5) is 11.4 Å². The molecule has 0 fully saturated rings. The molecule has 0 spiro atoms. The Labute approximate surface area is 158 Å². The maximum Gasteiger partial charge on any atom is 0.303 e. The molecule has 0 saturated heterocycles. The van der Waals surface area contributed by atoms with Crippen LogP contribution in [0.15, 0.2) is 35.2 Å². The van der Waals surface area contributed by atoms with Crippen LogP contribution in [0.5, 0.6) is 0 Å². The molecule has 144 valence electrons. The number of amides is 1. The summed E-state index contributed by atoms with van der Waals surface area (Å²) in [5, 5.41) is 12.7. The molecule has 0 bridgehead atoms. The van der Waals surface area contributed by atoms with Crippen molar-refractivity contribution >= 4 is 44.0 Å². The number of carboxylic acid groups (broad SMARTS) is 1. The third-order valence-electron chi connectivity index (χ3n) is 4.63. The number of sulfonamides is 1. The zero-order valence-corrected chi connectivity index (χ0v) is 15.9. The number of aliphatic carboxylic acids is 1. The monoisotopic (exact) mass is 390 g/mol. The lowest BCUT2D eigenvalue weighted by molar-refractivity contribution is -0.137. The Kier molecular flexibility index (Phi) is 5.36. The van der Waals surface area contributed by atoms with E-state index >= 15 is 0 Å². The Hall–Kier alpha value is -2.61. The maximum absolute atomic E-state index is 13.0. The number of carboxylic acids is 1. The quantitative estimate of drug-likeness (QED) is 0.673. The van der Waals surface area contributed by atoms with Crippen LogP contribution >= 0.6 is 0 Å². The van der Waals surface area contributed by atoms with Crippen molar-refractivity contribution in [2.45, 2.75) is 43.9 Å². The van der Waals surface area contributed by atoms with Crippen molar-refractivity contribution in [3.05, 3.63) is 30.3 Å². The number of nitrogens with zero attached hydrogens (tertiary/aromatic N) is 1. The fraction of sp³-hybridized carbons (Fsp3) is 0.368. The van der Waals surface area contributed by atoms with Gasteiger partial charge in [0.25, 0.3) is 10.0 Å². The fourth-order valence-electron chi connectivity index (χ4n) is 3.45. The van der Waals surface area contributed by atoms with Gasteiger partial charge in [-0.15, -0.1) is 0 Å². The van der Waals surface area contributed by atoms with Crippen LogP contribution in [0.25, 0.3) is 10.8 Å². The zero-order chi connectivity index (χ0) is 19.6. The zero-order valence-electron chi connectivity index (χ0n) is 15.1. The highest BCUT2D eigenvalue weighted by molar-refractivity contribution is 7.93. The minimum atomic E-state index is -3.62. The van der Waals surface area contributed by atoms with Gasteiger partial charge in [0.05, 0.1) is 10.6 Å². The number of hydrogen-bond donors (Lipinski definition) is 2. The standard InChI is InChI=1S/C19H22N2O5S/c1-13(22)20-15-10-11-16-19-14(15)7-6-8-17(19)27(25,26)21(16)12-5-3-2-4-9-18(23)24/h6-8,10-11H,2-5,9,12H2,1H3,(H,20,22)(H,23,24). The summed E-state index contributed by atoms with van der Waals surface area (Å²) in [4.78, 5) is 22.2. The van der Waals surface area contributed by atoms with E-state index in [1.807, 2.05) is 0 Å². The number of carbonyl (C=O) groups excluding carboxylic acids is 1. The van der Waals surface area contributed by atoms with Gasteiger partial charge in [-0.3, -0.25) is 13.9 Å². The summed E-state index contributed by atoms with van der Waals surface area (Å²) in [5.41, 5.74) is 1.22. The molecule has 8 heteroatoms. The van der Waals surface area contributed by atoms with Gasteiger partial charge in [-0.1, -0.05) is 25.0 Å². The van der Waals surface area contributed by atoms with Gasteiger partial charge in [-0.05, 0) is 31.0 Å². The van der Waals surface area contributed by atoms with E-state index in [1.54, 1.807) is 30.3 Å². The average molecular weight is 390 g/mol. The first-order chi connectivity index (χ1) is 12.8. The molecule has 0 saturated carbocycles. The highest BCUT2D eigenvalue weighted by Gasteiger charge is 2.35. The van der Waals surface area contributed by atoms with Crippen molar-refractivity contribution in [1.29, 1.82) is 0 Å². The molecule has 0 aromatic heterocycles. The number of benzene rings is 2. The average Bonchev–Trinajstić information content (AvgIpc) is 2.82. The molecule has 1 aliphatic rings. The molecule has 2 N–H and O–H groups in total. The van der Waals surface area contributed by atoms with Crippen LogP contribution in [0.2, 0.25) is 0 Å². The topological polar surface area (TPSA) is 104 Å². The molecular weight excluding hydrogens is 368 g/mol. The third kappa shape index (κ3) is 3.75. The van der Waals surface area contributed by atoms with Gasteiger partial charge in [-0.25, -0.2) is 8.42 Å². The van der Waals surface area contributed by atoms with E-state index in [2.05, 4.69) is 5.32 Å². The number of rotatable bonds is 8. The largest absolute Gasteiger partial charge is 0.481 e. The molecule has 2 aromatic rings. The van der Waals surface area contributed by atoms with Crippen LogP contribution in [0, 0.1) is 0 Å². The predicted octanol–water partition coefficient (Wildman–Crippen LogP) is 3.34. The first-order valence-electron chi connectivity index (χ1n) is 8.90. The lowest BCUT2D eigenvalue weighted by Gasteiger charge is -2.19. The summed E-state index contributed by atoms with van der Waals surface area (Å²) < 4.78 is 27.4. The van der Waals surface area contributed by atoms with Crippen molar-refractivity contribution < 1.29 is 23.1 Å². The number of hydrogen-bond acceptors (Lipinski definition) is 4. The van der Waals surface area contributed by atoms with Gasteiger partial charge in [0.2, 0.25) is 5.91 Å². The Bertz CT molecular complexity index is 1000. The SMILES string of the molecule is CC(=O)Nc1ccc2c3c(cccc13)S(=O)(=O)N2CCCCCCC(=O)O. The molecule has 0 radical (unpaired) electrons. The van der Waals surface area contributed by atoms with Gasteiger partial charge in [0, 0.05) is 36.3 Å². The highest BCUT2D eigenvalue weighted by atomic mass is 32.2. The van der Waals surface area contributed by atoms with E-state index in [0.717, 1.165) is 12.8 Å². The van der Waals surface area contributed by atoms with Gasteiger partial charge in [0.15, 0.2) is 0 Å². The van der Waals surface area contributed by atoms with E-state index < -0.39 is 16.0 Å². The van der Waals surface area contributed by atoms with Crippen LogP contribution in [0.3, 0.4) is 0 Å². The van der Waals surface area contributed by atoms with Gasteiger partial charge in [0.1, 0.15) is 0 Å². The summed E-state index contributed by atoms with van der Waals surface area (Å²) >= 11 is 0. The molecule has 1 aliphatic heterocycles. The summed E-state index contributed by atoms with van der Waals surface area (Å²) in [6, 6.07) is 8.53. The molecule has 2 aromatic carbocycles. The Morgan fingerprint density at radius 1 is 1.07 bits per heavy atom. The minimum absolute atomic E-state index is 0.138. The second kappa shape index (κ2) is 7.56. The molecule has 0 unspecified atom stereocenters. The van der Waals surface area contributed by atoms with Crippen molar-refractivity contribution in [3.63, 3.8) is 0 Å². The second-order valence-electron chi connectivity index (χ2n) is 6.63. The van der Waals surface area contributed by atoms with Crippen LogP contribution in [-0.2, 0) is 19.6 Å². The number of anilines is 2. The van der Waals surface area contributed by atoms with Crippen molar-refractivity contribution in [1.82, 2.24) is 0 Å². The summed E-state index contributed by atoms with van der Waals surface area (Å²) in [6.07, 6.45) is 2.91. The number of unbranched alkanes of at least 4 members (excludes halogenated alkanes) is 3. The van der Waals surface area contributed by atoms with Crippen LogP contribution < -0.4 is 9.62 Å². The third-order valence-corrected chi connectivity index (χ3v) is 6.49. The molecule has 1 amide bonds. The van der Waals surface area contributed by atoms with Gasteiger partial charge >= 0.3 is 5.97 Å². The van der Waals surface area contributed by atoms with Crippen molar-refractivity contribution in [2.24, 2.45) is 0 Å². The second-order valence-corrected chi connectivity index (χ2v) is 8.46. The van der Waals surface area contributed by atoms with E-state index in [9.17, 15) is 18.0 Å². The molecule has 27 heavy (non-hydrogen) atoms. The Morgan fingerprint density at radius 2 is 1.81 bits per heavy atom. The maximum atomic E-state index is 13.0. The predicted molar refractivity (Wildman–Crippen MR) is 104 cm³/mol. The minimum Gasteiger partial charge on any atom is -0.481 e. The fourth-order valence-corrected chi connectivity index (χ4v) is 5.19. The summed E-state index contributed by atoms with van der Waals surface area (Å²) in [7, 11) is -3.62. The number of carbonyl (C=O) groups is 2. The van der Waals surface area contributed by atoms with Crippen LogP contribution in [-0.4, -0.2) is 31.9 Å². The lowest BCUT2D eigenvalue weighted by atomic mass is 10.1. The summed E-state index contributed by atoms with van der Waals surface area (Å²) in [6.45, 7) is 1.76. The molecule has 0 aliphatic carbocycles. The van der Waals surface area contributed by atoms with E-state index in [1.165, 1.54) is 11.2 Å². The van der Waals surface area contributed by atoms with E-state index in [0.29, 0.717) is 41.5 Å². The smallest absolute Gasteiger partial charge is 0.303 e. The molecular formula is C19H22N2O5S. The van der Waals surface area contributed by atoms with E-state index in [-0.39, 0.29) is 17.2 Å². The highest BCUT2D eigenvalue weighted by Crippen LogP contribution is 2.44.